The van der Waals surface area contributed by atoms with Crippen LogP contribution < -0.4 is 40.0 Å². The van der Waals surface area contributed by atoms with Gasteiger partial charge in [-0.3, -0.25) is 4.72 Å². The van der Waals surface area contributed by atoms with E-state index in [2.05, 4.69) is 9.88 Å². The summed E-state index contributed by atoms with van der Waals surface area (Å²) >= 11 is 0. The minimum absolute atomic E-state index is 0. The molecule has 1 aromatic heterocycles. The zero-order chi connectivity index (χ0) is 12.5. The average Bonchev–Trinajstić information content (AvgIpc) is 2.63. The SMILES string of the molecule is Cc1cc(NS(=O)(=O)c2ccc(N)cc2)no1.[Na+]. The quantitative estimate of drug-likeness (QED) is 0.518. The first-order valence-electron chi connectivity index (χ1n) is 4.79. The number of benzene rings is 1. The van der Waals surface area contributed by atoms with Crippen LogP contribution in [0.25, 0.3) is 0 Å². The molecular formula is C10H11N3NaO3S+. The predicted molar refractivity (Wildman–Crippen MR) is 62.9 cm³/mol. The van der Waals surface area contributed by atoms with Crippen molar-refractivity contribution in [2.75, 3.05) is 10.5 Å². The Balaban J connectivity index is 0.00000162. The number of nitrogens with zero attached hydrogens (tertiary/aromatic N) is 1. The minimum Gasteiger partial charge on any atom is -0.399 e. The van der Waals surface area contributed by atoms with Crippen molar-refractivity contribution in [3.05, 3.63) is 36.1 Å². The van der Waals surface area contributed by atoms with Crippen LogP contribution in [0.3, 0.4) is 0 Å². The molecule has 0 saturated heterocycles. The maximum Gasteiger partial charge on any atom is 1.00 e. The van der Waals surface area contributed by atoms with Crippen LogP contribution in [0.4, 0.5) is 11.5 Å². The third-order valence-corrected chi connectivity index (χ3v) is 3.43. The fraction of sp³-hybridized carbons (Fsp3) is 0.100. The number of sulfonamides is 1. The molecule has 6 nitrogen and oxygen atoms in total. The number of nitrogens with two attached hydrogens (primary N) is 1. The zero-order valence-corrected chi connectivity index (χ0v) is 12.9. The van der Waals surface area contributed by atoms with E-state index in [-0.39, 0.29) is 40.3 Å². The monoisotopic (exact) mass is 276 g/mol. The van der Waals surface area contributed by atoms with Gasteiger partial charge in [0.25, 0.3) is 10.0 Å². The van der Waals surface area contributed by atoms with Gasteiger partial charge in [-0.1, -0.05) is 5.16 Å². The number of aryl methyl sites for hydroxylation is 1. The number of nitrogens with one attached hydrogen (secondary N) is 1. The van der Waals surface area contributed by atoms with Crippen molar-refractivity contribution in [2.24, 2.45) is 0 Å². The van der Waals surface area contributed by atoms with Gasteiger partial charge in [0.2, 0.25) is 0 Å². The van der Waals surface area contributed by atoms with Crippen LogP contribution in [0.2, 0.25) is 0 Å². The summed E-state index contributed by atoms with van der Waals surface area (Å²) in [4.78, 5) is 0.118. The Labute approximate surface area is 127 Å². The molecule has 1 heterocycles. The summed E-state index contributed by atoms with van der Waals surface area (Å²) in [6.45, 7) is 1.67. The Morgan fingerprint density at radius 3 is 2.39 bits per heavy atom. The molecular weight excluding hydrogens is 265 g/mol. The van der Waals surface area contributed by atoms with Crippen molar-refractivity contribution in [3.63, 3.8) is 0 Å². The van der Waals surface area contributed by atoms with Crippen LogP contribution in [-0.4, -0.2) is 13.6 Å². The Morgan fingerprint density at radius 1 is 1.28 bits per heavy atom. The van der Waals surface area contributed by atoms with Gasteiger partial charge in [-0.05, 0) is 31.2 Å². The van der Waals surface area contributed by atoms with Crippen molar-refractivity contribution in [2.45, 2.75) is 11.8 Å². The fourth-order valence-electron chi connectivity index (χ4n) is 1.26. The standard InChI is InChI=1S/C10H11N3O3S.Na/c1-7-6-10(12-16-7)13-17(14,15)9-4-2-8(11)3-5-9;/h2-6H,11H2,1H3,(H,12,13);/q;+1. The van der Waals surface area contributed by atoms with Gasteiger partial charge in [0.1, 0.15) is 5.76 Å². The van der Waals surface area contributed by atoms with E-state index in [9.17, 15) is 8.42 Å². The Kier molecular flexibility index (Phi) is 4.80. The number of hydrogen-bond acceptors (Lipinski definition) is 5. The van der Waals surface area contributed by atoms with Crippen LogP contribution in [-0.2, 0) is 10.0 Å². The molecule has 0 aliphatic heterocycles. The van der Waals surface area contributed by atoms with Crippen molar-refractivity contribution < 1.29 is 42.5 Å². The minimum atomic E-state index is -3.64. The van der Waals surface area contributed by atoms with E-state index >= 15 is 0 Å². The summed E-state index contributed by atoms with van der Waals surface area (Å²) in [6, 6.07) is 7.37. The van der Waals surface area contributed by atoms with Crippen molar-refractivity contribution in [1.29, 1.82) is 0 Å². The molecule has 90 valence electrons. The summed E-state index contributed by atoms with van der Waals surface area (Å²) in [5.74, 6) is 0.680. The smallest absolute Gasteiger partial charge is 0.399 e. The molecule has 0 unspecified atom stereocenters. The second-order valence-corrected chi connectivity index (χ2v) is 5.18. The number of nitrogen functional groups attached to an aromatic ring is 1. The topological polar surface area (TPSA) is 98.2 Å². The number of anilines is 2. The van der Waals surface area contributed by atoms with E-state index in [1.54, 1.807) is 6.92 Å². The molecule has 0 atom stereocenters. The van der Waals surface area contributed by atoms with Crippen LogP contribution in [0.15, 0.2) is 39.8 Å². The molecule has 2 rings (SSSR count). The molecule has 8 heteroatoms. The van der Waals surface area contributed by atoms with Crippen LogP contribution in [0, 0.1) is 6.92 Å². The van der Waals surface area contributed by atoms with E-state index in [0.29, 0.717) is 11.4 Å². The second-order valence-electron chi connectivity index (χ2n) is 3.50. The Morgan fingerprint density at radius 2 is 1.89 bits per heavy atom. The normalized spacial score (nSPS) is 10.7. The van der Waals surface area contributed by atoms with Crippen molar-refractivity contribution >= 4 is 21.5 Å². The molecule has 0 saturated carbocycles. The van der Waals surface area contributed by atoms with Gasteiger partial charge in [-0.15, -0.1) is 0 Å². The van der Waals surface area contributed by atoms with Crippen molar-refractivity contribution in [3.8, 4) is 0 Å². The van der Waals surface area contributed by atoms with Crippen molar-refractivity contribution in [1.82, 2.24) is 5.16 Å². The second kappa shape index (κ2) is 5.75. The predicted octanol–water partition coefficient (Wildman–Crippen LogP) is -1.63. The summed E-state index contributed by atoms with van der Waals surface area (Å²) in [7, 11) is -3.64. The molecule has 0 spiro atoms. The molecule has 0 fully saturated rings. The van der Waals surface area contributed by atoms with E-state index in [1.807, 2.05) is 0 Å². The number of aromatic nitrogens is 1. The zero-order valence-electron chi connectivity index (χ0n) is 10.0. The molecule has 0 aliphatic rings. The fourth-order valence-corrected chi connectivity index (χ4v) is 2.24. The molecule has 0 bridgehead atoms. The van der Waals surface area contributed by atoms with Gasteiger partial charge in [-0.25, -0.2) is 8.42 Å². The van der Waals surface area contributed by atoms with Gasteiger partial charge < -0.3 is 10.3 Å². The van der Waals surface area contributed by atoms with Crippen LogP contribution >= 0.6 is 0 Å². The summed E-state index contributed by atoms with van der Waals surface area (Å²) in [6.07, 6.45) is 0. The van der Waals surface area contributed by atoms with E-state index < -0.39 is 10.0 Å². The molecule has 2 aromatic rings. The molecule has 3 N–H and O–H groups in total. The van der Waals surface area contributed by atoms with E-state index in [1.165, 1.54) is 30.3 Å². The maximum atomic E-state index is 11.9. The third kappa shape index (κ3) is 3.49. The summed E-state index contributed by atoms with van der Waals surface area (Å²) in [5.41, 5.74) is 5.98. The Bertz CT molecular complexity index is 622. The molecule has 0 radical (unpaired) electrons. The van der Waals surface area contributed by atoms with Crippen LogP contribution in [0.1, 0.15) is 5.76 Å². The van der Waals surface area contributed by atoms with Gasteiger partial charge in [0.15, 0.2) is 5.82 Å². The van der Waals surface area contributed by atoms with Gasteiger partial charge in [-0.2, -0.15) is 0 Å². The van der Waals surface area contributed by atoms with E-state index in [0.717, 1.165) is 0 Å². The van der Waals surface area contributed by atoms with E-state index in [4.69, 9.17) is 10.3 Å². The van der Waals surface area contributed by atoms with Gasteiger partial charge in [0.05, 0.1) is 4.90 Å². The first-order valence-corrected chi connectivity index (χ1v) is 6.27. The first kappa shape index (κ1) is 15.0. The molecule has 0 aliphatic carbocycles. The average molecular weight is 276 g/mol. The Hall–Kier alpha value is -1.02. The third-order valence-electron chi connectivity index (χ3n) is 2.06. The van der Waals surface area contributed by atoms with Gasteiger partial charge in [0, 0.05) is 11.8 Å². The first-order chi connectivity index (χ1) is 7.97. The summed E-state index contributed by atoms with van der Waals surface area (Å²) < 4.78 is 30.8. The maximum absolute atomic E-state index is 11.9. The largest absolute Gasteiger partial charge is 1.00 e. The molecule has 18 heavy (non-hydrogen) atoms. The molecule has 0 amide bonds. The number of rotatable bonds is 3. The van der Waals surface area contributed by atoms with Gasteiger partial charge >= 0.3 is 29.6 Å². The van der Waals surface area contributed by atoms with Crippen LogP contribution in [0.5, 0.6) is 0 Å². The molecule has 1 aromatic carbocycles. The number of hydrogen-bond donors (Lipinski definition) is 2. The summed E-state index contributed by atoms with van der Waals surface area (Å²) in [5, 5.41) is 3.55.